The van der Waals surface area contributed by atoms with E-state index in [9.17, 15) is 0 Å². The minimum Gasteiger partial charge on any atom is -0.394 e. The van der Waals surface area contributed by atoms with Gasteiger partial charge in [-0.3, -0.25) is 0 Å². The Kier molecular flexibility index (Phi) is 1.54. The number of aromatic nitrogens is 3. The van der Waals surface area contributed by atoms with Crippen molar-refractivity contribution in [2.24, 2.45) is 0 Å². The standard InChI is InChI=1S/C5HN5/c1-7-5-9-3-8-4(2-6)10-5/h3H. The van der Waals surface area contributed by atoms with Crippen LogP contribution in [0.4, 0.5) is 5.95 Å². The Morgan fingerprint density at radius 2 is 2.40 bits per heavy atom. The lowest BCUT2D eigenvalue weighted by molar-refractivity contribution is 1.04. The van der Waals surface area contributed by atoms with Gasteiger partial charge in [0.1, 0.15) is 0 Å². The molecule has 10 heavy (non-hydrogen) atoms. The molecule has 0 bridgehead atoms. The maximum absolute atomic E-state index is 8.25. The molecule has 5 heteroatoms. The van der Waals surface area contributed by atoms with Crippen LogP contribution < -0.4 is 0 Å². The van der Waals surface area contributed by atoms with Crippen molar-refractivity contribution in [3.05, 3.63) is 23.6 Å². The summed E-state index contributed by atoms with van der Waals surface area (Å²) in [6, 6.07) is 1.70. The highest BCUT2D eigenvalue weighted by molar-refractivity contribution is 5.25. The fraction of sp³-hybridized carbons (Fsp3) is 0. The molecule has 0 saturated carbocycles. The largest absolute Gasteiger partial charge is 0.394 e. The normalized spacial score (nSPS) is 7.80. The van der Waals surface area contributed by atoms with E-state index < -0.39 is 0 Å². The third kappa shape index (κ3) is 1.04. The van der Waals surface area contributed by atoms with Gasteiger partial charge in [-0.2, -0.15) is 10.2 Å². The smallest absolute Gasteiger partial charge is 0.375 e. The third-order valence-electron chi connectivity index (χ3n) is 0.759. The molecule has 0 fully saturated rings. The maximum Gasteiger partial charge on any atom is 0.375 e. The Morgan fingerprint density at radius 3 is 3.00 bits per heavy atom. The molecular weight excluding hydrogens is 130 g/mol. The molecule has 5 nitrogen and oxygen atoms in total. The van der Waals surface area contributed by atoms with Crippen LogP contribution in [-0.4, -0.2) is 15.0 Å². The summed E-state index contributed by atoms with van der Waals surface area (Å²) < 4.78 is 0. The molecule has 0 unspecified atom stereocenters. The van der Waals surface area contributed by atoms with Crippen molar-refractivity contribution in [2.45, 2.75) is 0 Å². The number of hydrogen-bond acceptors (Lipinski definition) is 4. The Balaban J connectivity index is 3.17. The summed E-state index contributed by atoms with van der Waals surface area (Å²) in [5, 5.41) is 8.25. The predicted octanol–water partition coefficient (Wildman–Crippen LogP) is 0.294. The Bertz CT molecular complexity index is 288. The summed E-state index contributed by atoms with van der Waals surface area (Å²) in [5.74, 6) is -0.0763. The van der Waals surface area contributed by atoms with Gasteiger partial charge in [0.15, 0.2) is 12.4 Å². The molecule has 0 N–H and O–H groups in total. The van der Waals surface area contributed by atoms with E-state index in [0.717, 1.165) is 6.33 Å². The van der Waals surface area contributed by atoms with E-state index in [-0.39, 0.29) is 11.8 Å². The molecule has 0 radical (unpaired) electrons. The zero-order chi connectivity index (χ0) is 7.40. The van der Waals surface area contributed by atoms with Gasteiger partial charge < -0.3 is 4.85 Å². The van der Waals surface area contributed by atoms with Gasteiger partial charge in [0.05, 0.1) is 0 Å². The minimum absolute atomic E-state index is 0.0269. The van der Waals surface area contributed by atoms with E-state index in [1.807, 2.05) is 0 Å². The average Bonchev–Trinajstić information content (AvgIpc) is 2.05. The highest BCUT2D eigenvalue weighted by Gasteiger charge is 1.98. The number of hydrogen-bond donors (Lipinski definition) is 0. The highest BCUT2D eigenvalue weighted by Crippen LogP contribution is 1.98. The topological polar surface area (TPSA) is 66.8 Å². The first-order chi connectivity index (χ1) is 4.86. The molecular formula is C5HN5. The van der Waals surface area contributed by atoms with Crippen LogP contribution in [0.15, 0.2) is 6.33 Å². The van der Waals surface area contributed by atoms with Gasteiger partial charge in [-0.15, -0.1) is 16.5 Å². The van der Waals surface area contributed by atoms with Gasteiger partial charge in [0.2, 0.25) is 0 Å². The van der Waals surface area contributed by atoms with Crippen LogP contribution in [0.2, 0.25) is 0 Å². The Labute approximate surface area is 56.8 Å². The number of nitrogens with zero attached hydrogens (tertiary/aromatic N) is 5. The van der Waals surface area contributed by atoms with Crippen molar-refractivity contribution < 1.29 is 0 Å². The highest BCUT2D eigenvalue weighted by atomic mass is 15.1. The van der Waals surface area contributed by atoms with E-state index in [2.05, 4.69) is 19.8 Å². The van der Waals surface area contributed by atoms with Crippen LogP contribution in [0, 0.1) is 17.9 Å². The van der Waals surface area contributed by atoms with Crippen LogP contribution in [0.5, 0.6) is 0 Å². The molecule has 0 spiro atoms. The van der Waals surface area contributed by atoms with Gasteiger partial charge >= 0.3 is 5.95 Å². The number of rotatable bonds is 0. The lowest BCUT2D eigenvalue weighted by Crippen LogP contribution is -1.88. The second-order valence-corrected chi connectivity index (χ2v) is 1.33. The number of nitriles is 1. The molecule has 0 amide bonds. The monoisotopic (exact) mass is 131 g/mol. The maximum atomic E-state index is 8.25. The molecule has 1 heterocycles. The fourth-order valence-electron chi connectivity index (χ4n) is 0.395. The minimum atomic E-state index is -0.0495. The molecule has 0 atom stereocenters. The molecule has 1 aromatic rings. The van der Waals surface area contributed by atoms with Crippen LogP contribution in [0.25, 0.3) is 4.85 Å². The van der Waals surface area contributed by atoms with Crippen molar-refractivity contribution in [3.8, 4) is 6.07 Å². The van der Waals surface area contributed by atoms with E-state index in [0.29, 0.717) is 0 Å². The predicted molar refractivity (Wildman–Crippen MR) is 30.8 cm³/mol. The first-order valence-corrected chi connectivity index (χ1v) is 2.33. The second-order valence-electron chi connectivity index (χ2n) is 1.33. The van der Waals surface area contributed by atoms with Gasteiger partial charge in [0.25, 0.3) is 5.82 Å². The van der Waals surface area contributed by atoms with Crippen molar-refractivity contribution >= 4 is 5.95 Å². The van der Waals surface area contributed by atoms with Crippen molar-refractivity contribution in [1.29, 1.82) is 5.26 Å². The Morgan fingerprint density at radius 1 is 1.60 bits per heavy atom. The molecule has 0 saturated heterocycles. The third-order valence-corrected chi connectivity index (χ3v) is 0.759. The van der Waals surface area contributed by atoms with Crippen molar-refractivity contribution in [2.75, 3.05) is 0 Å². The fourth-order valence-corrected chi connectivity index (χ4v) is 0.395. The van der Waals surface area contributed by atoms with E-state index in [1.54, 1.807) is 6.07 Å². The summed E-state index contributed by atoms with van der Waals surface area (Å²) in [4.78, 5) is 13.3. The zero-order valence-electron chi connectivity index (χ0n) is 4.81. The molecule has 0 aliphatic carbocycles. The van der Waals surface area contributed by atoms with Gasteiger partial charge in [-0.25, -0.2) is 0 Å². The Hall–Kier alpha value is -2.01. The first-order valence-electron chi connectivity index (χ1n) is 2.33. The van der Waals surface area contributed by atoms with E-state index in [4.69, 9.17) is 11.8 Å². The van der Waals surface area contributed by atoms with Gasteiger partial charge in [0, 0.05) is 0 Å². The van der Waals surface area contributed by atoms with Crippen LogP contribution in [0.1, 0.15) is 5.82 Å². The van der Waals surface area contributed by atoms with E-state index >= 15 is 0 Å². The zero-order valence-corrected chi connectivity index (χ0v) is 4.81. The summed E-state index contributed by atoms with van der Waals surface area (Å²) in [7, 11) is 0. The molecule has 46 valence electrons. The lowest BCUT2D eigenvalue weighted by Gasteiger charge is -1.82. The summed E-state index contributed by atoms with van der Waals surface area (Å²) in [5.41, 5.74) is 0. The lowest BCUT2D eigenvalue weighted by atomic mass is 10.7. The summed E-state index contributed by atoms with van der Waals surface area (Å²) >= 11 is 0. The molecule has 1 rings (SSSR count). The van der Waals surface area contributed by atoms with Gasteiger partial charge in [-0.1, -0.05) is 0 Å². The van der Waals surface area contributed by atoms with Crippen molar-refractivity contribution in [1.82, 2.24) is 15.0 Å². The summed E-state index contributed by atoms with van der Waals surface area (Å²) in [6.45, 7) is 6.48. The second kappa shape index (κ2) is 2.51. The summed E-state index contributed by atoms with van der Waals surface area (Å²) in [6.07, 6.45) is 1.14. The molecule has 1 aromatic heterocycles. The van der Waals surface area contributed by atoms with E-state index in [1.165, 1.54) is 0 Å². The quantitative estimate of drug-likeness (QED) is 0.474. The molecule has 0 aliphatic rings. The van der Waals surface area contributed by atoms with Gasteiger partial charge in [-0.05, 0) is 0 Å². The molecule has 0 aromatic carbocycles. The first kappa shape index (κ1) is 6.12. The van der Waals surface area contributed by atoms with Crippen molar-refractivity contribution in [3.63, 3.8) is 0 Å². The molecule has 0 aliphatic heterocycles. The average molecular weight is 131 g/mol. The van der Waals surface area contributed by atoms with Crippen LogP contribution in [0.3, 0.4) is 0 Å². The SMILES string of the molecule is [C-]#[N+]c1ncnc(C#N)n1. The van der Waals surface area contributed by atoms with Crippen LogP contribution in [-0.2, 0) is 0 Å². The van der Waals surface area contributed by atoms with Crippen LogP contribution >= 0.6 is 0 Å².